The van der Waals surface area contributed by atoms with E-state index in [1.807, 2.05) is 4.90 Å². The second-order valence-corrected chi connectivity index (χ2v) is 13.3. The average Bonchev–Trinajstić information content (AvgIpc) is 2.98. The van der Waals surface area contributed by atoms with Crippen molar-refractivity contribution in [2.24, 2.45) is 5.92 Å². The summed E-state index contributed by atoms with van der Waals surface area (Å²) >= 11 is 0. The molecule has 2 heterocycles. The Morgan fingerprint density at radius 1 is 1.00 bits per heavy atom. The summed E-state index contributed by atoms with van der Waals surface area (Å²) in [4.78, 5) is 41.1. The number of aryl methyl sites for hydroxylation is 1. The van der Waals surface area contributed by atoms with E-state index >= 15 is 4.39 Å². The molecular formula is C36H39F8N3O5. The van der Waals surface area contributed by atoms with Crippen LogP contribution < -0.4 is 15.6 Å². The zero-order valence-electron chi connectivity index (χ0n) is 29.1. The molecule has 0 radical (unpaired) electrons. The van der Waals surface area contributed by atoms with Crippen LogP contribution in [0.3, 0.4) is 0 Å². The highest BCUT2D eigenvalue weighted by atomic mass is 19.4. The van der Waals surface area contributed by atoms with Gasteiger partial charge in [0, 0.05) is 35.5 Å². The predicted molar refractivity (Wildman–Crippen MR) is 175 cm³/mol. The number of hydrogen-bond donors (Lipinski definition) is 2. The quantitative estimate of drug-likeness (QED) is 0.175. The Morgan fingerprint density at radius 2 is 1.65 bits per heavy atom. The van der Waals surface area contributed by atoms with E-state index in [-0.39, 0.29) is 53.3 Å². The average molecular weight is 746 g/mol. The summed E-state index contributed by atoms with van der Waals surface area (Å²) in [5.74, 6) is -5.71. The van der Waals surface area contributed by atoms with Gasteiger partial charge in [-0.15, -0.1) is 0 Å². The fourth-order valence-electron chi connectivity index (χ4n) is 6.48. The largest absolute Gasteiger partial charge is 0.493 e. The van der Waals surface area contributed by atoms with Crippen molar-refractivity contribution in [1.29, 1.82) is 0 Å². The van der Waals surface area contributed by atoms with Gasteiger partial charge in [-0.25, -0.2) is 8.78 Å². The summed E-state index contributed by atoms with van der Waals surface area (Å²) in [5, 5.41) is 12.0. The highest BCUT2D eigenvalue weighted by molar-refractivity contribution is 5.82. The van der Waals surface area contributed by atoms with Crippen molar-refractivity contribution in [3.63, 3.8) is 0 Å². The molecule has 1 saturated heterocycles. The third kappa shape index (κ3) is 8.93. The molecule has 0 spiro atoms. The Kier molecular flexibility index (Phi) is 12.1. The van der Waals surface area contributed by atoms with E-state index < -0.39 is 82.2 Å². The van der Waals surface area contributed by atoms with Crippen molar-refractivity contribution in [2.45, 2.75) is 77.8 Å². The first-order valence-corrected chi connectivity index (χ1v) is 16.4. The van der Waals surface area contributed by atoms with E-state index in [0.717, 1.165) is 30.4 Å². The summed E-state index contributed by atoms with van der Waals surface area (Å²) < 4.78 is 122. The number of carboxylic acids is 1. The van der Waals surface area contributed by atoms with Gasteiger partial charge in [0.25, 0.3) is 5.56 Å². The first-order chi connectivity index (χ1) is 24.1. The maximum atomic E-state index is 16.6. The molecule has 0 bridgehead atoms. The fraction of sp³-hybridized carbons (Fsp3) is 0.472. The van der Waals surface area contributed by atoms with Crippen LogP contribution in [0.2, 0.25) is 0 Å². The van der Waals surface area contributed by atoms with Crippen LogP contribution in [0.15, 0.2) is 35.3 Å². The summed E-state index contributed by atoms with van der Waals surface area (Å²) in [6.07, 6.45) is -9.57. The van der Waals surface area contributed by atoms with Crippen LogP contribution in [0.25, 0.3) is 11.1 Å². The number of carbonyl (C=O) groups excluding carboxylic acids is 1. The summed E-state index contributed by atoms with van der Waals surface area (Å²) in [7, 11) is 1.11. The minimum Gasteiger partial charge on any atom is -0.493 e. The van der Waals surface area contributed by atoms with Crippen LogP contribution in [-0.4, -0.2) is 53.2 Å². The lowest BCUT2D eigenvalue weighted by Crippen LogP contribution is -2.41. The third-order valence-corrected chi connectivity index (χ3v) is 9.09. The number of amides is 1. The molecule has 1 aliphatic heterocycles. The molecule has 0 aliphatic carbocycles. The first kappa shape index (κ1) is 40.3. The van der Waals surface area contributed by atoms with Crippen LogP contribution >= 0.6 is 0 Å². The van der Waals surface area contributed by atoms with Gasteiger partial charge >= 0.3 is 18.3 Å². The zero-order chi connectivity index (χ0) is 38.9. The summed E-state index contributed by atoms with van der Waals surface area (Å²) in [6.45, 7) is 7.55. The molecule has 8 nitrogen and oxygen atoms in total. The molecule has 1 fully saturated rings. The van der Waals surface area contributed by atoms with Crippen molar-refractivity contribution >= 4 is 11.9 Å². The molecule has 1 unspecified atom stereocenters. The lowest BCUT2D eigenvalue weighted by molar-refractivity contribution is -0.139. The second-order valence-electron chi connectivity index (χ2n) is 13.3. The van der Waals surface area contributed by atoms with Gasteiger partial charge in [0.05, 0.1) is 30.7 Å². The number of pyridine rings is 1. The van der Waals surface area contributed by atoms with Crippen LogP contribution in [-0.2, 0) is 28.4 Å². The van der Waals surface area contributed by atoms with Crippen LogP contribution in [0, 0.1) is 31.4 Å². The Labute approximate surface area is 294 Å². The number of aliphatic carboxylic acids is 1. The molecule has 2 aromatic carbocycles. The van der Waals surface area contributed by atoms with Crippen molar-refractivity contribution in [3.05, 3.63) is 85.8 Å². The molecule has 1 aromatic heterocycles. The van der Waals surface area contributed by atoms with Crippen molar-refractivity contribution in [3.8, 4) is 16.9 Å². The number of halogens is 8. The number of alkyl halides is 6. The van der Waals surface area contributed by atoms with E-state index in [2.05, 4.69) is 5.32 Å². The first-order valence-electron chi connectivity index (χ1n) is 16.4. The Morgan fingerprint density at radius 3 is 2.17 bits per heavy atom. The van der Waals surface area contributed by atoms with Crippen molar-refractivity contribution in [1.82, 2.24) is 14.8 Å². The van der Waals surface area contributed by atoms with Gasteiger partial charge in [-0.1, -0.05) is 13.8 Å². The van der Waals surface area contributed by atoms with Gasteiger partial charge < -0.3 is 24.6 Å². The SMILES string of the molecule is COc1c(F)cc(C)c(-c2cc(C(F)(F)F)cc([C@H](CC(=O)O)NC(=O)C(CC(C)C)n3cc(CCN4CCC4)c(C(F)(F)F)cc3=O)c2F)c1C. The molecule has 16 heteroatoms. The number of carbonyl (C=O) groups is 2. The van der Waals surface area contributed by atoms with Gasteiger partial charge in [-0.2, -0.15) is 26.3 Å². The summed E-state index contributed by atoms with van der Waals surface area (Å²) in [5.41, 5.74) is -5.78. The van der Waals surface area contributed by atoms with Gasteiger partial charge in [0.2, 0.25) is 5.91 Å². The van der Waals surface area contributed by atoms with E-state index in [1.165, 1.54) is 13.8 Å². The van der Waals surface area contributed by atoms with Crippen LogP contribution in [0.5, 0.6) is 5.75 Å². The number of methoxy groups -OCH3 is 1. The number of hydrogen-bond acceptors (Lipinski definition) is 5. The number of nitrogens with one attached hydrogen (secondary N) is 1. The Balaban J connectivity index is 1.87. The minimum absolute atomic E-state index is 0.0300. The fourth-order valence-corrected chi connectivity index (χ4v) is 6.48. The lowest BCUT2D eigenvalue weighted by atomic mass is 9.89. The zero-order valence-corrected chi connectivity index (χ0v) is 29.1. The van der Waals surface area contributed by atoms with Gasteiger partial charge in [-0.3, -0.25) is 14.4 Å². The van der Waals surface area contributed by atoms with Gasteiger partial charge in [-0.05, 0) is 87.0 Å². The van der Waals surface area contributed by atoms with E-state index in [1.54, 1.807) is 13.8 Å². The molecule has 2 atom stereocenters. The second kappa shape index (κ2) is 15.6. The maximum Gasteiger partial charge on any atom is 0.416 e. The molecule has 3 aromatic rings. The van der Waals surface area contributed by atoms with Crippen LogP contribution in [0.4, 0.5) is 35.1 Å². The maximum absolute atomic E-state index is 16.6. The Hall–Kier alpha value is -4.47. The highest BCUT2D eigenvalue weighted by Crippen LogP contribution is 2.42. The molecule has 0 saturated carbocycles. The van der Waals surface area contributed by atoms with Gasteiger partial charge in [0.15, 0.2) is 11.6 Å². The van der Waals surface area contributed by atoms with Crippen LogP contribution in [0.1, 0.15) is 78.6 Å². The van der Waals surface area contributed by atoms with E-state index in [9.17, 15) is 50.2 Å². The number of carboxylic acid groups (broad SMARTS) is 1. The normalized spacial score (nSPS) is 15.0. The van der Waals surface area contributed by atoms with Crippen molar-refractivity contribution < 1.29 is 54.6 Å². The molecule has 284 valence electrons. The van der Waals surface area contributed by atoms with E-state index in [0.29, 0.717) is 31.3 Å². The van der Waals surface area contributed by atoms with E-state index in [4.69, 9.17) is 4.74 Å². The number of nitrogens with zero attached hydrogens (tertiary/aromatic N) is 2. The molecule has 2 N–H and O–H groups in total. The number of ether oxygens (including phenoxy) is 1. The third-order valence-electron chi connectivity index (χ3n) is 9.09. The molecular weight excluding hydrogens is 706 g/mol. The smallest absolute Gasteiger partial charge is 0.416 e. The lowest BCUT2D eigenvalue weighted by Gasteiger charge is -2.31. The highest BCUT2D eigenvalue weighted by Gasteiger charge is 2.38. The molecule has 1 aliphatic rings. The topological polar surface area (TPSA) is 101 Å². The summed E-state index contributed by atoms with van der Waals surface area (Å²) in [6, 6.07) is -1.37. The van der Waals surface area contributed by atoms with Gasteiger partial charge in [0.1, 0.15) is 11.9 Å². The van der Waals surface area contributed by atoms with Crippen molar-refractivity contribution in [2.75, 3.05) is 26.7 Å². The monoisotopic (exact) mass is 745 g/mol. The molecule has 1 amide bonds. The molecule has 52 heavy (non-hydrogen) atoms. The Bertz CT molecular complexity index is 1880. The molecule has 4 rings (SSSR count). The minimum atomic E-state index is -5.10. The predicted octanol–water partition coefficient (Wildman–Crippen LogP) is 7.62. The standard InChI is InChI=1S/C36H39F8N3O5/c1-18(2)11-28(47-17-21(7-10-46-8-6-9-46)25(15-29(47)48)36(42,43)44)34(51)45-27(16-30(49)50)23-13-22(35(39,40)41)14-24(32(23)38)31-19(3)12-26(37)33(52-5)20(31)4/h12-15,17-18,27-28H,6-11,16H2,1-5H3,(H,45,51)(H,49,50)/t27-,28?/m0/s1. The number of rotatable bonds is 13. The number of likely N-dealkylation sites (tertiary alicyclic amines) is 1. The number of aromatic nitrogens is 1. The number of benzene rings is 2.